The maximum Gasteiger partial charge on any atom is 0.344 e. The summed E-state index contributed by atoms with van der Waals surface area (Å²) >= 11 is 0. The summed E-state index contributed by atoms with van der Waals surface area (Å²) in [5.74, 6) is -1.90. The lowest BCUT2D eigenvalue weighted by atomic mass is 10.6. The number of carboxylic acid groups (broad SMARTS) is 1. The van der Waals surface area contributed by atoms with E-state index in [9.17, 15) is 9.59 Å². The first-order valence-electron chi connectivity index (χ1n) is 2.34. The molecule has 0 rings (SSSR count). The van der Waals surface area contributed by atoms with E-state index in [-0.39, 0.29) is 0 Å². The van der Waals surface area contributed by atoms with Gasteiger partial charge in [0.15, 0.2) is 0 Å². The first kappa shape index (κ1) is 8.32. The molecule has 0 aliphatic rings. The minimum atomic E-state index is -1.15. The lowest BCUT2D eigenvalue weighted by Crippen LogP contribution is -2.30. The number of carboxylic acids is 1. The summed E-state index contributed by atoms with van der Waals surface area (Å²) in [6, 6.07) is 0. The van der Waals surface area contributed by atoms with Crippen LogP contribution in [0.4, 0.5) is 0 Å². The van der Waals surface area contributed by atoms with Crippen LogP contribution >= 0.6 is 0 Å². The quantitative estimate of drug-likeness (QED) is 0.285. The molecule has 0 aromatic heterocycles. The largest absolute Gasteiger partial charge is 0.480 e. The van der Waals surface area contributed by atoms with Crippen molar-refractivity contribution in [3.63, 3.8) is 0 Å². The Morgan fingerprint density at radius 2 is 2.30 bits per heavy atom. The van der Waals surface area contributed by atoms with Gasteiger partial charge in [0.1, 0.15) is 6.54 Å². The van der Waals surface area contributed by atoms with Crippen molar-refractivity contribution in [1.29, 1.82) is 0 Å². The summed E-state index contributed by atoms with van der Waals surface area (Å²) in [7, 11) is 0. The summed E-state index contributed by atoms with van der Waals surface area (Å²) in [6.07, 6.45) is 0.572. The standard InChI is InChI=1S/C4H5N3O3/c5-7-1-3(8)6-2-4(9)10/h1H,2H2,(H,6,8)(H,9,10). The van der Waals surface area contributed by atoms with Crippen LogP contribution in [0.3, 0.4) is 0 Å². The van der Waals surface area contributed by atoms with Crippen molar-refractivity contribution in [3.05, 3.63) is 5.53 Å². The molecule has 10 heavy (non-hydrogen) atoms. The molecule has 0 heterocycles. The highest BCUT2D eigenvalue weighted by Crippen LogP contribution is 1.59. The van der Waals surface area contributed by atoms with Gasteiger partial charge in [-0.1, -0.05) is 0 Å². The highest BCUT2D eigenvalue weighted by atomic mass is 16.4. The number of rotatable bonds is 3. The second-order valence-corrected chi connectivity index (χ2v) is 1.36. The SMILES string of the molecule is [N-]=[N+]=CC(=O)NCC(=O)O. The second-order valence-electron chi connectivity index (χ2n) is 1.36. The molecule has 0 spiro atoms. The van der Waals surface area contributed by atoms with Crippen LogP contribution in [0, 0.1) is 0 Å². The molecule has 2 N–H and O–H groups in total. The highest BCUT2D eigenvalue weighted by Gasteiger charge is 2.02. The Hall–Kier alpha value is -1.68. The Morgan fingerprint density at radius 3 is 2.70 bits per heavy atom. The smallest absolute Gasteiger partial charge is 0.344 e. The van der Waals surface area contributed by atoms with E-state index in [0.717, 1.165) is 0 Å². The third-order valence-corrected chi connectivity index (χ3v) is 0.589. The van der Waals surface area contributed by atoms with Crippen LogP contribution in [0.15, 0.2) is 0 Å². The molecule has 0 aliphatic heterocycles. The van der Waals surface area contributed by atoms with Crippen molar-refractivity contribution in [3.8, 4) is 0 Å². The molecule has 54 valence electrons. The summed E-state index contributed by atoms with van der Waals surface area (Å²) < 4.78 is 0. The van der Waals surface area contributed by atoms with Gasteiger partial charge < -0.3 is 16.0 Å². The molecule has 0 aliphatic carbocycles. The number of hydrogen-bond acceptors (Lipinski definition) is 2. The maximum atomic E-state index is 10.3. The van der Waals surface area contributed by atoms with Gasteiger partial charge in [0.05, 0.1) is 0 Å². The Bertz CT molecular complexity index is 194. The Balaban J connectivity index is 3.60. The molecule has 6 nitrogen and oxygen atoms in total. The monoisotopic (exact) mass is 143 g/mol. The van der Waals surface area contributed by atoms with Crippen molar-refractivity contribution < 1.29 is 19.5 Å². The van der Waals surface area contributed by atoms with Gasteiger partial charge in [-0.15, -0.1) is 0 Å². The number of hydrogen-bond donors (Lipinski definition) is 2. The zero-order chi connectivity index (χ0) is 7.98. The summed E-state index contributed by atoms with van der Waals surface area (Å²) in [6.45, 7) is -0.481. The van der Waals surface area contributed by atoms with E-state index in [0.29, 0.717) is 6.21 Å². The first-order valence-corrected chi connectivity index (χ1v) is 2.34. The van der Waals surface area contributed by atoms with E-state index in [4.69, 9.17) is 10.6 Å². The fraction of sp³-hybridized carbons (Fsp3) is 0.250. The van der Waals surface area contributed by atoms with E-state index in [1.54, 1.807) is 0 Å². The summed E-state index contributed by atoms with van der Waals surface area (Å²) in [5, 5.41) is 9.94. The van der Waals surface area contributed by atoms with E-state index in [2.05, 4.69) is 4.79 Å². The number of nitrogens with one attached hydrogen (secondary N) is 1. The fourth-order valence-corrected chi connectivity index (χ4v) is 0.261. The van der Waals surface area contributed by atoms with E-state index < -0.39 is 18.4 Å². The zero-order valence-electron chi connectivity index (χ0n) is 4.94. The lowest BCUT2D eigenvalue weighted by molar-refractivity contribution is -0.137. The van der Waals surface area contributed by atoms with Crippen LogP contribution < -0.4 is 5.32 Å². The van der Waals surface area contributed by atoms with Crippen molar-refractivity contribution in [1.82, 2.24) is 5.32 Å². The van der Waals surface area contributed by atoms with E-state index in [1.165, 1.54) is 0 Å². The van der Waals surface area contributed by atoms with Crippen LogP contribution in [0.2, 0.25) is 0 Å². The molecule has 0 aromatic carbocycles. The molecule has 0 atom stereocenters. The number of carbonyl (C=O) groups is 2. The second kappa shape index (κ2) is 4.22. The van der Waals surface area contributed by atoms with Gasteiger partial charge in [-0.25, -0.2) is 0 Å². The number of amides is 1. The zero-order valence-corrected chi connectivity index (χ0v) is 4.94. The average Bonchev–Trinajstić information content (AvgIpc) is 1.85. The van der Waals surface area contributed by atoms with Crippen molar-refractivity contribution in [2.45, 2.75) is 0 Å². The Morgan fingerprint density at radius 1 is 1.70 bits per heavy atom. The summed E-state index contributed by atoms with van der Waals surface area (Å²) in [4.78, 5) is 22.4. The molecule has 6 heteroatoms. The highest BCUT2D eigenvalue weighted by molar-refractivity contribution is 6.24. The number of nitrogens with zero attached hydrogens (tertiary/aromatic N) is 2. The van der Waals surface area contributed by atoms with Gasteiger partial charge in [-0.05, 0) is 0 Å². The van der Waals surface area contributed by atoms with Crippen LogP contribution in [0.1, 0.15) is 0 Å². The van der Waals surface area contributed by atoms with Crippen molar-refractivity contribution in [2.75, 3.05) is 6.54 Å². The van der Waals surface area contributed by atoms with Gasteiger partial charge in [0.2, 0.25) is 0 Å². The third-order valence-electron chi connectivity index (χ3n) is 0.589. The van der Waals surface area contributed by atoms with Gasteiger partial charge in [-0.2, -0.15) is 4.79 Å². The summed E-state index contributed by atoms with van der Waals surface area (Å²) in [5.41, 5.74) is 7.76. The van der Waals surface area contributed by atoms with Gasteiger partial charge in [0.25, 0.3) is 0 Å². The van der Waals surface area contributed by atoms with Gasteiger partial charge in [-0.3, -0.25) is 9.59 Å². The Kier molecular flexibility index (Phi) is 3.51. The molecule has 0 unspecified atom stereocenters. The van der Waals surface area contributed by atoms with Crippen LogP contribution in [-0.4, -0.2) is 34.5 Å². The van der Waals surface area contributed by atoms with Crippen molar-refractivity contribution >= 4 is 18.1 Å². The molecule has 1 amide bonds. The minimum Gasteiger partial charge on any atom is -0.480 e. The Labute approximate surface area is 56.1 Å². The number of aliphatic carboxylic acids is 1. The molecular formula is C4H5N3O3. The normalized spacial score (nSPS) is 7.60. The maximum absolute atomic E-state index is 10.3. The average molecular weight is 143 g/mol. The predicted octanol–water partition coefficient (Wildman–Crippen LogP) is -1.51. The predicted molar refractivity (Wildman–Crippen MR) is 30.3 cm³/mol. The van der Waals surface area contributed by atoms with Gasteiger partial charge in [0, 0.05) is 0 Å². The topological polar surface area (TPSA) is 103 Å². The van der Waals surface area contributed by atoms with E-state index >= 15 is 0 Å². The first-order chi connectivity index (χ1) is 4.66. The van der Waals surface area contributed by atoms with Crippen LogP contribution in [0.25, 0.3) is 5.53 Å². The molecule has 0 fully saturated rings. The third kappa shape index (κ3) is 4.48. The van der Waals surface area contributed by atoms with Crippen molar-refractivity contribution in [2.24, 2.45) is 0 Å². The van der Waals surface area contributed by atoms with Crippen LogP contribution in [0.5, 0.6) is 0 Å². The molecule has 0 saturated carbocycles. The molecular weight excluding hydrogens is 138 g/mol. The molecule has 0 bridgehead atoms. The number of carbonyl (C=O) groups excluding carboxylic acids is 1. The minimum absolute atomic E-state index is 0.481. The molecule has 0 radical (unpaired) electrons. The van der Waals surface area contributed by atoms with E-state index in [1.807, 2.05) is 5.32 Å². The van der Waals surface area contributed by atoms with Gasteiger partial charge >= 0.3 is 18.1 Å². The molecule has 0 aromatic rings. The van der Waals surface area contributed by atoms with Crippen LogP contribution in [-0.2, 0) is 9.59 Å². The molecule has 0 saturated heterocycles. The lowest BCUT2D eigenvalue weighted by Gasteiger charge is -1.90. The fourth-order valence-electron chi connectivity index (χ4n) is 0.261.